The van der Waals surface area contributed by atoms with Gasteiger partial charge in [0.15, 0.2) is 9.84 Å². The van der Waals surface area contributed by atoms with Crippen molar-refractivity contribution in [2.45, 2.75) is 27.2 Å². The van der Waals surface area contributed by atoms with E-state index in [4.69, 9.17) is 5.11 Å². The lowest BCUT2D eigenvalue weighted by Crippen LogP contribution is -2.31. The monoisotopic (exact) mass is 305 g/mol. The van der Waals surface area contributed by atoms with Crippen LogP contribution in [0.4, 0.5) is 0 Å². The van der Waals surface area contributed by atoms with Crippen LogP contribution in [0.1, 0.15) is 27.2 Å². The van der Waals surface area contributed by atoms with Crippen molar-refractivity contribution >= 4 is 21.7 Å². The summed E-state index contributed by atoms with van der Waals surface area (Å²) < 4.78 is 23.5. The molecule has 2 atom stereocenters. The van der Waals surface area contributed by atoms with E-state index < -0.39 is 21.7 Å². The second-order valence-electron chi connectivity index (χ2n) is 5.98. The summed E-state index contributed by atoms with van der Waals surface area (Å²) in [5, 5.41) is 9.01. The van der Waals surface area contributed by atoms with Crippen molar-refractivity contribution in [2.24, 2.45) is 17.8 Å². The molecule has 0 unspecified atom stereocenters. The fourth-order valence-corrected chi connectivity index (χ4v) is 4.15. The molecule has 7 heteroatoms. The summed E-state index contributed by atoms with van der Waals surface area (Å²) in [6.07, 6.45) is -0.0614. The van der Waals surface area contributed by atoms with Gasteiger partial charge in [0, 0.05) is 19.5 Å². The van der Waals surface area contributed by atoms with E-state index in [9.17, 15) is 18.0 Å². The van der Waals surface area contributed by atoms with Crippen LogP contribution in [0.25, 0.3) is 0 Å². The van der Waals surface area contributed by atoms with Crippen LogP contribution < -0.4 is 0 Å². The van der Waals surface area contributed by atoms with Gasteiger partial charge in [-0.2, -0.15) is 0 Å². The Balaban J connectivity index is 2.51. The zero-order valence-corrected chi connectivity index (χ0v) is 13.0. The quantitative estimate of drug-likeness (QED) is 0.777. The van der Waals surface area contributed by atoms with Crippen molar-refractivity contribution < 1.29 is 23.1 Å². The fraction of sp³-hybridized carbons (Fsp3) is 0.846. The van der Waals surface area contributed by atoms with Gasteiger partial charge in [0.2, 0.25) is 5.91 Å². The Morgan fingerprint density at radius 3 is 2.35 bits per heavy atom. The van der Waals surface area contributed by atoms with Gasteiger partial charge in [-0.05, 0) is 11.8 Å². The second kappa shape index (κ2) is 6.56. The Morgan fingerprint density at radius 1 is 1.30 bits per heavy atom. The summed E-state index contributed by atoms with van der Waals surface area (Å²) in [7, 11) is -3.21. The molecule has 1 rings (SSSR count). The Hall–Kier alpha value is -1.11. The number of carboxylic acids is 1. The Morgan fingerprint density at radius 2 is 1.90 bits per heavy atom. The van der Waals surface area contributed by atoms with Gasteiger partial charge in [-0.25, -0.2) is 8.42 Å². The van der Waals surface area contributed by atoms with Gasteiger partial charge < -0.3 is 10.0 Å². The average Bonchev–Trinajstić information content (AvgIpc) is 2.66. The summed E-state index contributed by atoms with van der Waals surface area (Å²) in [5.41, 5.74) is 0. The van der Waals surface area contributed by atoms with E-state index in [1.165, 1.54) is 4.90 Å². The molecule has 1 amide bonds. The van der Waals surface area contributed by atoms with Gasteiger partial charge in [-0.15, -0.1) is 0 Å². The summed E-state index contributed by atoms with van der Waals surface area (Å²) in [6, 6.07) is 0. The normalized spacial score (nSPS) is 23.3. The summed E-state index contributed by atoms with van der Waals surface area (Å²) >= 11 is 0. The van der Waals surface area contributed by atoms with E-state index in [1.54, 1.807) is 6.92 Å². The van der Waals surface area contributed by atoms with Gasteiger partial charge in [0.25, 0.3) is 0 Å². The number of carbonyl (C=O) groups is 2. The first-order valence-electron chi connectivity index (χ1n) is 6.83. The molecule has 0 spiro atoms. The fourth-order valence-electron chi connectivity index (χ4n) is 2.48. The van der Waals surface area contributed by atoms with E-state index >= 15 is 0 Å². The smallest absolute Gasteiger partial charge is 0.308 e. The maximum atomic E-state index is 12.0. The van der Waals surface area contributed by atoms with E-state index in [1.807, 2.05) is 13.8 Å². The van der Waals surface area contributed by atoms with Crippen LogP contribution in [-0.2, 0) is 19.4 Å². The first-order valence-corrected chi connectivity index (χ1v) is 8.65. The van der Waals surface area contributed by atoms with Gasteiger partial charge >= 0.3 is 5.97 Å². The van der Waals surface area contributed by atoms with E-state index in [2.05, 4.69) is 0 Å². The maximum absolute atomic E-state index is 12.0. The zero-order chi connectivity index (χ0) is 15.5. The minimum absolute atomic E-state index is 0.0401. The molecule has 1 heterocycles. The highest BCUT2D eigenvalue weighted by Crippen LogP contribution is 2.23. The van der Waals surface area contributed by atoms with Crippen LogP contribution >= 0.6 is 0 Å². The molecule has 0 radical (unpaired) electrons. The van der Waals surface area contributed by atoms with Crippen molar-refractivity contribution in [3.63, 3.8) is 0 Å². The maximum Gasteiger partial charge on any atom is 0.308 e. The topological polar surface area (TPSA) is 91.8 Å². The van der Waals surface area contributed by atoms with Crippen molar-refractivity contribution in [1.82, 2.24) is 4.90 Å². The number of likely N-dealkylation sites (tertiary alicyclic amines) is 1. The van der Waals surface area contributed by atoms with Crippen LogP contribution in [0.5, 0.6) is 0 Å². The lowest BCUT2D eigenvalue weighted by Gasteiger charge is -2.16. The van der Waals surface area contributed by atoms with Gasteiger partial charge in [0.05, 0.1) is 17.4 Å². The molecule has 0 aromatic heterocycles. The molecule has 6 nitrogen and oxygen atoms in total. The van der Waals surface area contributed by atoms with Gasteiger partial charge in [0.1, 0.15) is 0 Å². The third-order valence-electron chi connectivity index (χ3n) is 3.50. The molecule has 0 aromatic carbocycles. The number of carbonyl (C=O) groups excluding carboxylic acids is 1. The van der Waals surface area contributed by atoms with Crippen LogP contribution in [-0.4, -0.2) is 54.9 Å². The highest BCUT2D eigenvalue weighted by molar-refractivity contribution is 7.91. The number of hydrogen-bond donors (Lipinski definition) is 1. The van der Waals surface area contributed by atoms with Crippen molar-refractivity contribution in [2.75, 3.05) is 24.6 Å². The van der Waals surface area contributed by atoms with E-state index in [0.717, 1.165) is 0 Å². The molecule has 0 bridgehead atoms. The van der Waals surface area contributed by atoms with E-state index in [-0.39, 0.29) is 42.2 Å². The molecule has 1 fully saturated rings. The molecule has 116 valence electrons. The van der Waals surface area contributed by atoms with Crippen LogP contribution in [0.15, 0.2) is 0 Å². The summed E-state index contributed by atoms with van der Waals surface area (Å²) in [5.74, 6) is -1.86. The van der Waals surface area contributed by atoms with Crippen LogP contribution in [0, 0.1) is 17.8 Å². The number of hydrogen-bond acceptors (Lipinski definition) is 4. The largest absolute Gasteiger partial charge is 0.481 e. The Labute approximate surface area is 120 Å². The molecular weight excluding hydrogens is 282 g/mol. The summed E-state index contributed by atoms with van der Waals surface area (Å²) in [4.78, 5) is 24.4. The number of nitrogens with zero attached hydrogens (tertiary/aromatic N) is 1. The molecule has 1 aliphatic heterocycles. The minimum atomic E-state index is -3.21. The van der Waals surface area contributed by atoms with Crippen molar-refractivity contribution in [3.8, 4) is 0 Å². The Bertz CT molecular complexity index is 471. The highest BCUT2D eigenvalue weighted by Gasteiger charge is 2.36. The number of rotatable bonds is 6. The van der Waals surface area contributed by atoms with Crippen molar-refractivity contribution in [3.05, 3.63) is 0 Å². The predicted octanol–water partition coefficient (Wildman–Crippen LogP) is 0.626. The molecule has 0 aliphatic carbocycles. The van der Waals surface area contributed by atoms with Crippen molar-refractivity contribution in [1.29, 1.82) is 0 Å². The zero-order valence-electron chi connectivity index (χ0n) is 12.2. The first-order chi connectivity index (χ1) is 9.12. The third-order valence-corrected chi connectivity index (χ3v) is 5.50. The lowest BCUT2D eigenvalue weighted by atomic mass is 9.99. The SMILES string of the molecule is CC(C)CS(=O)(=O)CCC(=O)N1C[C@@H](C)[C@H](C(=O)O)C1. The van der Waals surface area contributed by atoms with Gasteiger partial charge in [-0.1, -0.05) is 20.8 Å². The molecule has 0 saturated carbocycles. The third kappa shape index (κ3) is 4.77. The molecule has 0 aromatic rings. The summed E-state index contributed by atoms with van der Waals surface area (Å²) in [6.45, 7) is 6.00. The highest BCUT2D eigenvalue weighted by atomic mass is 32.2. The average molecular weight is 305 g/mol. The first kappa shape index (κ1) is 16.9. The number of amides is 1. The molecule has 1 aliphatic rings. The Kier molecular flexibility index (Phi) is 5.56. The molecule has 20 heavy (non-hydrogen) atoms. The van der Waals surface area contributed by atoms with E-state index in [0.29, 0.717) is 6.54 Å². The molecular formula is C13H23NO5S. The van der Waals surface area contributed by atoms with Gasteiger partial charge in [-0.3, -0.25) is 9.59 Å². The standard InChI is InChI=1S/C13H23NO5S/c1-9(2)8-20(18,19)5-4-12(15)14-6-10(3)11(7-14)13(16)17/h9-11H,4-8H2,1-3H3,(H,16,17)/t10-,11-/m1/s1. The van der Waals surface area contributed by atoms with Crippen LogP contribution in [0.2, 0.25) is 0 Å². The lowest BCUT2D eigenvalue weighted by molar-refractivity contribution is -0.142. The predicted molar refractivity (Wildman–Crippen MR) is 75.0 cm³/mol. The van der Waals surface area contributed by atoms with Crippen LogP contribution in [0.3, 0.4) is 0 Å². The number of sulfone groups is 1. The molecule has 1 saturated heterocycles. The minimum Gasteiger partial charge on any atom is -0.481 e. The molecule has 1 N–H and O–H groups in total. The number of carboxylic acid groups (broad SMARTS) is 1. The number of aliphatic carboxylic acids is 1. The second-order valence-corrected chi connectivity index (χ2v) is 8.21.